The second-order valence-electron chi connectivity index (χ2n) is 4.17. The smallest absolute Gasteiger partial charge is 0.242 e. The minimum atomic E-state index is -3.66. The van der Waals surface area contributed by atoms with Crippen LogP contribution >= 0.6 is 27.5 Å². The molecule has 20 heavy (non-hydrogen) atoms. The van der Waals surface area contributed by atoms with Gasteiger partial charge in [-0.05, 0) is 37.3 Å². The number of halogens is 2. The summed E-state index contributed by atoms with van der Waals surface area (Å²) < 4.78 is 27.6. The molecule has 106 valence electrons. The molecule has 0 atom stereocenters. The highest BCUT2D eigenvalue weighted by atomic mass is 79.9. The molecule has 0 unspecified atom stereocenters. The van der Waals surface area contributed by atoms with Crippen molar-refractivity contribution in [2.45, 2.75) is 18.4 Å². The lowest BCUT2D eigenvalue weighted by Crippen LogP contribution is -2.24. The van der Waals surface area contributed by atoms with E-state index < -0.39 is 10.0 Å². The summed E-state index contributed by atoms with van der Waals surface area (Å²) in [5, 5.41) is 0.170. The first kappa shape index (κ1) is 15.4. The van der Waals surface area contributed by atoms with Crippen molar-refractivity contribution < 1.29 is 8.42 Å². The van der Waals surface area contributed by atoms with E-state index in [0.717, 1.165) is 10.2 Å². The highest BCUT2D eigenvalue weighted by molar-refractivity contribution is 9.10. The molecule has 0 saturated heterocycles. The molecular formula is C13H12BrClN2O2S. The summed E-state index contributed by atoms with van der Waals surface area (Å²) in [7, 11) is -3.66. The summed E-state index contributed by atoms with van der Waals surface area (Å²) in [6, 6.07) is 10.1. The van der Waals surface area contributed by atoms with E-state index in [4.69, 9.17) is 11.6 Å². The fourth-order valence-electron chi connectivity index (χ4n) is 1.64. The second kappa shape index (κ2) is 6.22. The third-order valence-corrected chi connectivity index (χ3v) is 4.95. The van der Waals surface area contributed by atoms with Crippen molar-refractivity contribution in [2.75, 3.05) is 0 Å². The summed E-state index contributed by atoms with van der Waals surface area (Å²) in [5.41, 5.74) is 1.49. The van der Waals surface area contributed by atoms with Gasteiger partial charge in [0.2, 0.25) is 10.0 Å². The van der Waals surface area contributed by atoms with Crippen LogP contribution in [0.25, 0.3) is 0 Å². The van der Waals surface area contributed by atoms with Crippen LogP contribution in [0.2, 0.25) is 5.02 Å². The van der Waals surface area contributed by atoms with Gasteiger partial charge in [-0.25, -0.2) is 13.1 Å². The van der Waals surface area contributed by atoms with Gasteiger partial charge in [-0.3, -0.25) is 4.98 Å². The van der Waals surface area contributed by atoms with E-state index in [0.29, 0.717) is 5.69 Å². The number of nitrogens with one attached hydrogen (secondary N) is 1. The first-order chi connectivity index (χ1) is 9.38. The third-order valence-electron chi connectivity index (χ3n) is 2.57. The molecule has 0 aliphatic carbocycles. The van der Waals surface area contributed by atoms with E-state index in [-0.39, 0.29) is 16.5 Å². The molecule has 1 aromatic carbocycles. The van der Waals surface area contributed by atoms with Gasteiger partial charge in [0.25, 0.3) is 0 Å². The molecule has 0 bridgehead atoms. The van der Waals surface area contributed by atoms with Crippen molar-refractivity contribution in [3.05, 3.63) is 57.3 Å². The van der Waals surface area contributed by atoms with Crippen molar-refractivity contribution in [2.24, 2.45) is 0 Å². The molecule has 2 aromatic rings. The van der Waals surface area contributed by atoms with Crippen molar-refractivity contribution >= 4 is 37.6 Å². The fourth-order valence-corrected chi connectivity index (χ4v) is 3.67. The van der Waals surface area contributed by atoms with Gasteiger partial charge in [0.1, 0.15) is 4.90 Å². The molecule has 1 aromatic heterocycles. The van der Waals surface area contributed by atoms with Crippen molar-refractivity contribution in [3.63, 3.8) is 0 Å². The number of pyridine rings is 1. The van der Waals surface area contributed by atoms with Gasteiger partial charge in [0, 0.05) is 10.2 Å². The molecule has 0 spiro atoms. The number of hydrogen-bond acceptors (Lipinski definition) is 3. The zero-order chi connectivity index (χ0) is 14.8. The van der Waals surface area contributed by atoms with E-state index in [9.17, 15) is 8.42 Å². The Morgan fingerprint density at radius 3 is 2.70 bits per heavy atom. The maximum Gasteiger partial charge on any atom is 0.242 e. The van der Waals surface area contributed by atoms with Crippen molar-refractivity contribution in [1.82, 2.24) is 9.71 Å². The predicted octanol–water partition coefficient (Wildman–Crippen LogP) is 3.28. The van der Waals surface area contributed by atoms with Gasteiger partial charge in [0.05, 0.1) is 17.3 Å². The lowest BCUT2D eigenvalue weighted by molar-refractivity contribution is 0.580. The number of sulfonamides is 1. The SMILES string of the molecule is Cc1cccc(CNS(=O)(=O)c2ccc(Br)cc2Cl)n1. The Labute approximate surface area is 131 Å². The molecule has 1 N–H and O–H groups in total. The summed E-state index contributed by atoms with van der Waals surface area (Å²) in [4.78, 5) is 4.29. The van der Waals surface area contributed by atoms with Gasteiger partial charge in [-0.1, -0.05) is 33.6 Å². The van der Waals surface area contributed by atoms with Crippen LogP contribution in [0.15, 0.2) is 45.8 Å². The average Bonchev–Trinajstić information content (AvgIpc) is 2.36. The Kier molecular flexibility index (Phi) is 4.80. The van der Waals surface area contributed by atoms with Gasteiger partial charge in [-0.15, -0.1) is 0 Å². The molecular weight excluding hydrogens is 364 g/mol. The van der Waals surface area contributed by atoms with Gasteiger partial charge >= 0.3 is 0 Å². The molecule has 0 fully saturated rings. The van der Waals surface area contributed by atoms with Gasteiger partial charge in [-0.2, -0.15) is 0 Å². The van der Waals surface area contributed by atoms with Crippen LogP contribution in [0, 0.1) is 6.92 Å². The molecule has 0 aliphatic rings. The van der Waals surface area contributed by atoms with Crippen LogP contribution < -0.4 is 4.72 Å². The van der Waals surface area contributed by atoms with Crippen LogP contribution in [0.5, 0.6) is 0 Å². The largest absolute Gasteiger partial charge is 0.257 e. The third kappa shape index (κ3) is 3.79. The molecule has 0 amide bonds. The quantitative estimate of drug-likeness (QED) is 0.892. The van der Waals surface area contributed by atoms with Crippen LogP contribution in [0.1, 0.15) is 11.4 Å². The second-order valence-corrected chi connectivity index (χ2v) is 7.23. The molecule has 0 radical (unpaired) electrons. The molecule has 0 aliphatic heterocycles. The highest BCUT2D eigenvalue weighted by Gasteiger charge is 2.17. The number of aryl methyl sites for hydroxylation is 1. The maximum absolute atomic E-state index is 12.2. The molecule has 4 nitrogen and oxygen atoms in total. The Hall–Kier alpha value is -0.950. The molecule has 1 heterocycles. The summed E-state index contributed by atoms with van der Waals surface area (Å²) in [6.07, 6.45) is 0. The predicted molar refractivity (Wildman–Crippen MR) is 82.2 cm³/mol. The van der Waals surface area contributed by atoms with Crippen molar-refractivity contribution in [3.8, 4) is 0 Å². The zero-order valence-electron chi connectivity index (χ0n) is 10.6. The van der Waals surface area contributed by atoms with Gasteiger partial charge < -0.3 is 0 Å². The van der Waals surface area contributed by atoms with E-state index in [1.54, 1.807) is 18.2 Å². The topological polar surface area (TPSA) is 59.1 Å². The molecule has 0 saturated carbocycles. The van der Waals surface area contributed by atoms with Crippen molar-refractivity contribution in [1.29, 1.82) is 0 Å². The van der Waals surface area contributed by atoms with E-state index in [2.05, 4.69) is 25.6 Å². The summed E-state index contributed by atoms with van der Waals surface area (Å²) >= 11 is 9.19. The Morgan fingerprint density at radius 1 is 1.30 bits per heavy atom. The lowest BCUT2D eigenvalue weighted by Gasteiger charge is -2.08. The first-order valence-electron chi connectivity index (χ1n) is 5.76. The van der Waals surface area contributed by atoms with Crippen LogP contribution in [0.4, 0.5) is 0 Å². The van der Waals surface area contributed by atoms with E-state index >= 15 is 0 Å². The normalized spacial score (nSPS) is 11.6. The first-order valence-corrected chi connectivity index (χ1v) is 8.41. The molecule has 7 heteroatoms. The Morgan fingerprint density at radius 2 is 2.05 bits per heavy atom. The van der Waals surface area contributed by atoms with Crippen LogP contribution in [0.3, 0.4) is 0 Å². The lowest BCUT2D eigenvalue weighted by atomic mass is 10.3. The number of aromatic nitrogens is 1. The van der Waals surface area contributed by atoms with Crippen LogP contribution in [-0.4, -0.2) is 13.4 Å². The minimum absolute atomic E-state index is 0.0509. The standard InChI is InChI=1S/C13H12BrClN2O2S/c1-9-3-2-4-11(17-9)8-16-20(18,19)13-6-5-10(14)7-12(13)15/h2-7,16H,8H2,1H3. The Balaban J connectivity index is 2.19. The fraction of sp³-hybridized carbons (Fsp3) is 0.154. The number of rotatable bonds is 4. The number of hydrogen-bond donors (Lipinski definition) is 1. The Bertz CT molecular complexity index is 735. The summed E-state index contributed by atoms with van der Waals surface area (Å²) in [5.74, 6) is 0. The molecule has 2 rings (SSSR count). The number of benzene rings is 1. The number of nitrogens with zero attached hydrogens (tertiary/aromatic N) is 1. The van der Waals surface area contributed by atoms with E-state index in [1.807, 2.05) is 19.1 Å². The minimum Gasteiger partial charge on any atom is -0.257 e. The van der Waals surface area contributed by atoms with Gasteiger partial charge in [0.15, 0.2) is 0 Å². The average molecular weight is 376 g/mol. The zero-order valence-corrected chi connectivity index (χ0v) is 13.8. The maximum atomic E-state index is 12.2. The highest BCUT2D eigenvalue weighted by Crippen LogP contribution is 2.25. The van der Waals surface area contributed by atoms with E-state index in [1.165, 1.54) is 6.07 Å². The van der Waals surface area contributed by atoms with Crippen LogP contribution in [-0.2, 0) is 16.6 Å². The summed E-state index contributed by atoms with van der Waals surface area (Å²) in [6.45, 7) is 1.97. The monoisotopic (exact) mass is 374 g/mol.